The van der Waals surface area contributed by atoms with Crippen LogP contribution in [0.3, 0.4) is 0 Å². The van der Waals surface area contributed by atoms with E-state index in [0.717, 1.165) is 23.5 Å². The van der Waals surface area contributed by atoms with Crippen LogP contribution in [0.25, 0.3) is 0 Å². The molecule has 5 heteroatoms. The second-order valence-corrected chi connectivity index (χ2v) is 6.47. The van der Waals surface area contributed by atoms with Crippen molar-refractivity contribution in [2.45, 2.75) is 56.7 Å². The van der Waals surface area contributed by atoms with Crippen molar-refractivity contribution in [1.29, 1.82) is 0 Å². The van der Waals surface area contributed by atoms with Gasteiger partial charge in [0.25, 0.3) is 0 Å². The van der Waals surface area contributed by atoms with E-state index in [2.05, 4.69) is 12.2 Å². The maximum absolute atomic E-state index is 12.2. The smallest absolute Gasteiger partial charge is 0.233 e. The van der Waals surface area contributed by atoms with Crippen molar-refractivity contribution in [2.75, 3.05) is 12.3 Å². The van der Waals surface area contributed by atoms with Gasteiger partial charge in [0.1, 0.15) is 5.75 Å². The van der Waals surface area contributed by atoms with Crippen molar-refractivity contribution in [3.8, 4) is 5.75 Å². The second-order valence-electron chi connectivity index (χ2n) is 5.09. The Morgan fingerprint density at radius 2 is 2.10 bits per heavy atom. The minimum atomic E-state index is -0.191. The molecule has 2 unspecified atom stereocenters. The van der Waals surface area contributed by atoms with E-state index in [1.54, 1.807) is 0 Å². The van der Waals surface area contributed by atoms with E-state index in [-0.39, 0.29) is 17.2 Å². The third-order valence-electron chi connectivity index (χ3n) is 3.08. The molecule has 0 spiro atoms. The summed E-state index contributed by atoms with van der Waals surface area (Å²) in [7, 11) is 0. The molecule has 0 bridgehead atoms. The average Bonchev–Trinajstić information content (AvgIpc) is 2.43. The lowest BCUT2D eigenvalue weighted by Crippen LogP contribution is -2.37. The standard InChI is InChI=1S/C16H26N2O2S/c1-5-7-11(3)18-16(19)12(4)21-15-10-13(20-6-2)8-9-14(15)17/h8-12H,5-7,17H2,1-4H3,(H,18,19). The molecular weight excluding hydrogens is 284 g/mol. The van der Waals surface area contributed by atoms with Gasteiger partial charge in [0, 0.05) is 16.6 Å². The number of ether oxygens (including phenoxy) is 1. The molecule has 1 aromatic rings. The summed E-state index contributed by atoms with van der Waals surface area (Å²) in [5.74, 6) is 0.823. The van der Waals surface area contributed by atoms with Gasteiger partial charge in [0.2, 0.25) is 5.91 Å². The summed E-state index contributed by atoms with van der Waals surface area (Å²) >= 11 is 1.46. The summed E-state index contributed by atoms with van der Waals surface area (Å²) in [4.78, 5) is 13.0. The molecule has 0 saturated carbocycles. The first kappa shape index (κ1) is 17.7. The number of anilines is 1. The number of benzene rings is 1. The summed E-state index contributed by atoms with van der Waals surface area (Å²) in [6.45, 7) is 8.59. The first-order valence-electron chi connectivity index (χ1n) is 7.47. The normalized spacial score (nSPS) is 13.5. The van der Waals surface area contributed by atoms with Crippen LogP contribution in [0.5, 0.6) is 5.75 Å². The maximum atomic E-state index is 12.2. The fraction of sp³-hybridized carbons (Fsp3) is 0.562. The Bertz CT molecular complexity index is 466. The molecule has 1 rings (SSSR count). The third-order valence-corrected chi connectivity index (χ3v) is 4.25. The summed E-state index contributed by atoms with van der Waals surface area (Å²) in [6, 6.07) is 5.76. The van der Waals surface area contributed by atoms with Crippen molar-refractivity contribution >= 4 is 23.4 Å². The summed E-state index contributed by atoms with van der Waals surface area (Å²) in [5.41, 5.74) is 6.65. The second kappa shape index (κ2) is 8.82. The number of nitrogen functional groups attached to an aromatic ring is 1. The van der Waals surface area contributed by atoms with Crippen molar-refractivity contribution in [3.05, 3.63) is 18.2 Å². The number of nitrogens with one attached hydrogen (secondary N) is 1. The number of nitrogens with two attached hydrogens (primary N) is 1. The maximum Gasteiger partial charge on any atom is 0.233 e. The Morgan fingerprint density at radius 1 is 1.38 bits per heavy atom. The van der Waals surface area contributed by atoms with Crippen LogP contribution in [0.4, 0.5) is 5.69 Å². The van der Waals surface area contributed by atoms with Crippen LogP contribution >= 0.6 is 11.8 Å². The predicted octanol–water partition coefficient (Wildman–Crippen LogP) is 3.45. The highest BCUT2D eigenvalue weighted by Gasteiger charge is 2.17. The molecule has 1 aromatic carbocycles. The van der Waals surface area contributed by atoms with Gasteiger partial charge in [-0.1, -0.05) is 13.3 Å². The van der Waals surface area contributed by atoms with E-state index >= 15 is 0 Å². The van der Waals surface area contributed by atoms with E-state index in [1.165, 1.54) is 11.8 Å². The molecule has 0 fully saturated rings. The van der Waals surface area contributed by atoms with Crippen LogP contribution in [-0.2, 0) is 4.79 Å². The topological polar surface area (TPSA) is 64.3 Å². The van der Waals surface area contributed by atoms with E-state index in [1.807, 2.05) is 39.0 Å². The van der Waals surface area contributed by atoms with Crippen LogP contribution in [-0.4, -0.2) is 23.8 Å². The summed E-state index contributed by atoms with van der Waals surface area (Å²) in [6.07, 6.45) is 2.05. The minimum Gasteiger partial charge on any atom is -0.494 e. The molecule has 0 heterocycles. The molecule has 0 saturated heterocycles. The number of carbonyl (C=O) groups excluding carboxylic acids is 1. The average molecular weight is 310 g/mol. The Morgan fingerprint density at radius 3 is 2.71 bits per heavy atom. The van der Waals surface area contributed by atoms with Gasteiger partial charge in [-0.2, -0.15) is 0 Å². The van der Waals surface area contributed by atoms with Crippen LogP contribution in [0, 0.1) is 0 Å². The Balaban J connectivity index is 2.66. The molecule has 4 nitrogen and oxygen atoms in total. The van der Waals surface area contributed by atoms with Gasteiger partial charge >= 0.3 is 0 Å². The van der Waals surface area contributed by atoms with E-state index in [4.69, 9.17) is 10.5 Å². The zero-order valence-corrected chi connectivity index (χ0v) is 14.1. The molecule has 0 aliphatic rings. The molecule has 0 aliphatic heterocycles. The number of hydrogen-bond acceptors (Lipinski definition) is 4. The molecule has 118 valence electrons. The van der Waals surface area contributed by atoms with Gasteiger partial charge in [0.05, 0.1) is 11.9 Å². The number of hydrogen-bond donors (Lipinski definition) is 2. The van der Waals surface area contributed by atoms with Crippen LogP contribution in [0.1, 0.15) is 40.5 Å². The highest BCUT2D eigenvalue weighted by molar-refractivity contribution is 8.00. The van der Waals surface area contributed by atoms with Gasteiger partial charge in [-0.3, -0.25) is 4.79 Å². The quantitative estimate of drug-likeness (QED) is 0.570. The fourth-order valence-corrected chi connectivity index (χ4v) is 2.93. The van der Waals surface area contributed by atoms with Crippen LogP contribution in [0.15, 0.2) is 23.1 Å². The first-order chi connectivity index (χ1) is 9.97. The van der Waals surface area contributed by atoms with Gasteiger partial charge in [-0.15, -0.1) is 11.8 Å². The Hall–Kier alpha value is -1.36. The van der Waals surface area contributed by atoms with Crippen molar-refractivity contribution < 1.29 is 9.53 Å². The van der Waals surface area contributed by atoms with E-state index in [9.17, 15) is 4.79 Å². The number of thioether (sulfide) groups is 1. The van der Waals surface area contributed by atoms with Crippen LogP contribution in [0.2, 0.25) is 0 Å². The lowest BCUT2D eigenvalue weighted by atomic mass is 10.2. The molecule has 1 amide bonds. The number of rotatable bonds is 8. The monoisotopic (exact) mass is 310 g/mol. The van der Waals surface area contributed by atoms with Crippen molar-refractivity contribution in [3.63, 3.8) is 0 Å². The fourth-order valence-electron chi connectivity index (χ4n) is 1.98. The molecule has 0 aliphatic carbocycles. The van der Waals surface area contributed by atoms with Gasteiger partial charge < -0.3 is 15.8 Å². The molecule has 3 N–H and O–H groups in total. The third kappa shape index (κ3) is 5.87. The highest BCUT2D eigenvalue weighted by atomic mass is 32.2. The number of carbonyl (C=O) groups is 1. The SMILES string of the molecule is CCCC(C)NC(=O)C(C)Sc1cc(OCC)ccc1N. The lowest BCUT2D eigenvalue weighted by molar-refractivity contribution is -0.120. The Labute approximate surface area is 131 Å². The van der Waals surface area contributed by atoms with Gasteiger partial charge in [-0.05, 0) is 45.4 Å². The van der Waals surface area contributed by atoms with Crippen molar-refractivity contribution in [1.82, 2.24) is 5.32 Å². The predicted molar refractivity (Wildman–Crippen MR) is 89.9 cm³/mol. The van der Waals surface area contributed by atoms with Crippen LogP contribution < -0.4 is 15.8 Å². The number of amides is 1. The zero-order chi connectivity index (χ0) is 15.8. The van der Waals surface area contributed by atoms with Gasteiger partial charge in [-0.25, -0.2) is 0 Å². The molecule has 0 radical (unpaired) electrons. The van der Waals surface area contributed by atoms with E-state index < -0.39 is 0 Å². The summed E-state index contributed by atoms with van der Waals surface area (Å²) < 4.78 is 5.47. The lowest BCUT2D eigenvalue weighted by Gasteiger charge is -2.17. The molecule has 0 aromatic heterocycles. The molecule has 21 heavy (non-hydrogen) atoms. The molecule has 2 atom stereocenters. The van der Waals surface area contributed by atoms with Crippen molar-refractivity contribution in [2.24, 2.45) is 0 Å². The zero-order valence-electron chi connectivity index (χ0n) is 13.3. The minimum absolute atomic E-state index is 0.0437. The summed E-state index contributed by atoms with van der Waals surface area (Å²) in [5, 5.41) is 2.84. The largest absolute Gasteiger partial charge is 0.494 e. The highest BCUT2D eigenvalue weighted by Crippen LogP contribution is 2.32. The van der Waals surface area contributed by atoms with E-state index in [0.29, 0.717) is 12.3 Å². The first-order valence-corrected chi connectivity index (χ1v) is 8.35. The molecular formula is C16H26N2O2S. The van der Waals surface area contributed by atoms with Gasteiger partial charge in [0.15, 0.2) is 0 Å². The Kier molecular flexibility index (Phi) is 7.43.